The van der Waals surface area contributed by atoms with Crippen molar-refractivity contribution in [2.75, 3.05) is 13.1 Å². The average Bonchev–Trinajstić information content (AvgIpc) is 3.13. The first-order chi connectivity index (χ1) is 11.4. The third kappa shape index (κ3) is 3.23. The normalized spacial score (nSPS) is 20.2. The molecule has 1 amide bonds. The highest BCUT2D eigenvalue weighted by molar-refractivity contribution is 5.94. The van der Waals surface area contributed by atoms with E-state index < -0.39 is 18.2 Å². The van der Waals surface area contributed by atoms with Crippen LogP contribution in [0.25, 0.3) is 0 Å². The van der Waals surface area contributed by atoms with Crippen molar-refractivity contribution in [1.82, 2.24) is 14.7 Å². The lowest BCUT2D eigenvalue weighted by Gasteiger charge is -2.17. The van der Waals surface area contributed by atoms with Crippen molar-refractivity contribution in [3.63, 3.8) is 0 Å². The number of amides is 1. The van der Waals surface area contributed by atoms with Crippen LogP contribution in [0.3, 0.4) is 0 Å². The van der Waals surface area contributed by atoms with Crippen LogP contribution in [0, 0.1) is 0 Å². The lowest BCUT2D eigenvalue weighted by molar-refractivity contribution is 0.0686. The zero-order chi connectivity index (χ0) is 17.3. The highest BCUT2D eigenvalue weighted by atomic mass is 16.5. The molecule has 0 saturated carbocycles. The Morgan fingerprint density at radius 2 is 2.08 bits per heavy atom. The molecule has 126 valence electrons. The molecule has 2 heterocycles. The number of aliphatic hydroxyl groups excluding tert-OH is 1. The number of carboxylic acids is 1. The Morgan fingerprint density at radius 3 is 2.75 bits per heavy atom. The molecule has 2 aromatic rings. The minimum atomic E-state index is -1.05. The van der Waals surface area contributed by atoms with Gasteiger partial charge in [-0.1, -0.05) is 6.07 Å². The molecule has 1 saturated heterocycles. The number of carboxylic acid groups (broad SMARTS) is 1. The van der Waals surface area contributed by atoms with E-state index in [1.165, 1.54) is 27.9 Å². The number of aromatic nitrogens is 2. The molecular weight excluding hydrogens is 314 g/mol. The van der Waals surface area contributed by atoms with Gasteiger partial charge in [-0.15, -0.1) is 0 Å². The zero-order valence-corrected chi connectivity index (χ0v) is 13.0. The standard InChI is InChI=1S/C16H17N3O5/c1-18-7-11(6-17-18)15(21)19-8-13(20)14(9-19)24-12-4-2-3-10(5-12)16(22)23/h2-7,13-14,20H,8-9H2,1H3,(H,22,23)/t13-,14-/m1/s1. The molecular formula is C16H17N3O5. The van der Waals surface area contributed by atoms with E-state index >= 15 is 0 Å². The van der Waals surface area contributed by atoms with Gasteiger partial charge in [-0.25, -0.2) is 4.79 Å². The molecule has 0 aliphatic carbocycles. The summed E-state index contributed by atoms with van der Waals surface area (Å²) in [6, 6.07) is 6.03. The Hall–Kier alpha value is -2.87. The van der Waals surface area contributed by atoms with Gasteiger partial charge in [0.15, 0.2) is 0 Å². The fraction of sp³-hybridized carbons (Fsp3) is 0.312. The fourth-order valence-electron chi connectivity index (χ4n) is 2.63. The fourth-order valence-corrected chi connectivity index (χ4v) is 2.63. The molecule has 0 spiro atoms. The van der Waals surface area contributed by atoms with Gasteiger partial charge in [-0.3, -0.25) is 9.48 Å². The van der Waals surface area contributed by atoms with E-state index in [0.717, 1.165) is 0 Å². The largest absolute Gasteiger partial charge is 0.486 e. The second-order valence-electron chi connectivity index (χ2n) is 5.67. The summed E-state index contributed by atoms with van der Waals surface area (Å²) in [5.41, 5.74) is 0.543. The van der Waals surface area contributed by atoms with Gasteiger partial charge in [0.2, 0.25) is 0 Å². The number of carbonyl (C=O) groups is 2. The number of rotatable bonds is 4. The molecule has 2 atom stereocenters. The molecule has 1 fully saturated rings. The molecule has 0 radical (unpaired) electrons. The number of hydrogen-bond donors (Lipinski definition) is 2. The predicted octanol–water partition coefficient (Wildman–Crippen LogP) is 0.383. The second-order valence-corrected chi connectivity index (χ2v) is 5.67. The van der Waals surface area contributed by atoms with E-state index in [1.54, 1.807) is 25.4 Å². The molecule has 0 bridgehead atoms. The summed E-state index contributed by atoms with van der Waals surface area (Å²) in [7, 11) is 1.72. The first-order valence-corrected chi connectivity index (χ1v) is 7.40. The number of aromatic carboxylic acids is 1. The van der Waals surface area contributed by atoms with Crippen molar-refractivity contribution in [1.29, 1.82) is 0 Å². The first kappa shape index (κ1) is 16.0. The van der Waals surface area contributed by atoms with Crippen molar-refractivity contribution in [2.24, 2.45) is 7.05 Å². The first-order valence-electron chi connectivity index (χ1n) is 7.40. The van der Waals surface area contributed by atoms with Crippen LogP contribution < -0.4 is 4.74 Å². The Balaban J connectivity index is 1.69. The summed E-state index contributed by atoms with van der Waals surface area (Å²) < 4.78 is 7.20. The van der Waals surface area contributed by atoms with Crippen LogP contribution in [0.15, 0.2) is 36.7 Å². The highest BCUT2D eigenvalue weighted by Crippen LogP contribution is 2.21. The molecule has 8 heteroatoms. The van der Waals surface area contributed by atoms with Crippen molar-refractivity contribution >= 4 is 11.9 Å². The maximum Gasteiger partial charge on any atom is 0.335 e. The van der Waals surface area contributed by atoms with Gasteiger partial charge in [0, 0.05) is 13.2 Å². The quantitative estimate of drug-likeness (QED) is 0.839. The molecule has 24 heavy (non-hydrogen) atoms. The molecule has 8 nitrogen and oxygen atoms in total. The van der Waals surface area contributed by atoms with Crippen LogP contribution in [0.2, 0.25) is 0 Å². The van der Waals surface area contributed by atoms with E-state index in [-0.39, 0.29) is 24.6 Å². The molecule has 2 N–H and O–H groups in total. The highest BCUT2D eigenvalue weighted by Gasteiger charge is 2.36. The zero-order valence-electron chi connectivity index (χ0n) is 13.0. The van der Waals surface area contributed by atoms with Crippen LogP contribution in [0.5, 0.6) is 5.75 Å². The third-order valence-corrected chi connectivity index (χ3v) is 3.84. The van der Waals surface area contributed by atoms with Gasteiger partial charge in [-0.05, 0) is 18.2 Å². The van der Waals surface area contributed by atoms with Gasteiger partial charge in [0.1, 0.15) is 18.0 Å². The molecule has 1 aliphatic rings. The summed E-state index contributed by atoms with van der Waals surface area (Å²) >= 11 is 0. The second kappa shape index (κ2) is 6.32. The van der Waals surface area contributed by atoms with Crippen molar-refractivity contribution in [3.8, 4) is 5.75 Å². The number of aliphatic hydroxyl groups is 1. The summed E-state index contributed by atoms with van der Waals surface area (Å²) in [4.78, 5) is 24.9. The van der Waals surface area contributed by atoms with Crippen LogP contribution in [0.1, 0.15) is 20.7 Å². The summed E-state index contributed by atoms with van der Waals surface area (Å²) in [6.07, 6.45) is 1.62. The molecule has 3 rings (SSSR count). The molecule has 1 aromatic heterocycles. The number of hydrogen-bond acceptors (Lipinski definition) is 5. The molecule has 1 aliphatic heterocycles. The van der Waals surface area contributed by atoms with E-state index in [9.17, 15) is 14.7 Å². The number of likely N-dealkylation sites (tertiary alicyclic amines) is 1. The third-order valence-electron chi connectivity index (χ3n) is 3.84. The topological polar surface area (TPSA) is 105 Å². The number of β-amino-alcohol motifs (C(OH)–C–C–N with tert-alkyl or cyclic N) is 1. The smallest absolute Gasteiger partial charge is 0.335 e. The average molecular weight is 331 g/mol. The Labute approximate surface area is 137 Å². The predicted molar refractivity (Wildman–Crippen MR) is 82.9 cm³/mol. The Morgan fingerprint density at radius 1 is 1.29 bits per heavy atom. The lowest BCUT2D eigenvalue weighted by Crippen LogP contribution is -2.31. The van der Waals surface area contributed by atoms with E-state index in [2.05, 4.69) is 5.10 Å². The van der Waals surface area contributed by atoms with Crippen LogP contribution in [0.4, 0.5) is 0 Å². The minimum absolute atomic E-state index is 0.100. The number of carbonyl (C=O) groups excluding carboxylic acids is 1. The summed E-state index contributed by atoms with van der Waals surface area (Å²) in [5, 5.41) is 23.1. The lowest BCUT2D eigenvalue weighted by atomic mass is 10.2. The van der Waals surface area contributed by atoms with E-state index in [4.69, 9.17) is 9.84 Å². The van der Waals surface area contributed by atoms with Gasteiger partial charge in [0.05, 0.1) is 30.4 Å². The van der Waals surface area contributed by atoms with Gasteiger partial charge >= 0.3 is 5.97 Å². The van der Waals surface area contributed by atoms with Gasteiger partial charge in [-0.2, -0.15) is 5.10 Å². The van der Waals surface area contributed by atoms with Gasteiger partial charge in [0.25, 0.3) is 5.91 Å². The van der Waals surface area contributed by atoms with Gasteiger partial charge < -0.3 is 19.8 Å². The van der Waals surface area contributed by atoms with Crippen LogP contribution in [-0.2, 0) is 7.05 Å². The maximum atomic E-state index is 12.4. The summed E-state index contributed by atoms with van der Waals surface area (Å²) in [6.45, 7) is 0.364. The molecule has 0 unspecified atom stereocenters. The maximum absolute atomic E-state index is 12.4. The van der Waals surface area contributed by atoms with E-state index in [1.807, 2.05) is 0 Å². The molecule has 1 aromatic carbocycles. The summed E-state index contributed by atoms with van der Waals surface area (Å²) in [5.74, 6) is -0.942. The van der Waals surface area contributed by atoms with Crippen LogP contribution >= 0.6 is 0 Å². The van der Waals surface area contributed by atoms with Crippen molar-refractivity contribution < 1.29 is 24.5 Å². The number of benzene rings is 1. The van der Waals surface area contributed by atoms with Crippen LogP contribution in [-0.4, -0.2) is 62.1 Å². The number of nitrogens with zero attached hydrogens (tertiary/aromatic N) is 3. The SMILES string of the molecule is Cn1cc(C(=O)N2C[C@@H](O)[C@H](Oc3cccc(C(=O)O)c3)C2)cn1. The number of ether oxygens (including phenoxy) is 1. The Kier molecular flexibility index (Phi) is 4.22. The van der Waals surface area contributed by atoms with Crippen molar-refractivity contribution in [3.05, 3.63) is 47.8 Å². The minimum Gasteiger partial charge on any atom is -0.486 e. The van der Waals surface area contributed by atoms with E-state index in [0.29, 0.717) is 11.3 Å². The van der Waals surface area contributed by atoms with Crippen molar-refractivity contribution in [2.45, 2.75) is 12.2 Å². The number of aryl methyl sites for hydroxylation is 1. The Bertz CT molecular complexity index is 773. The monoisotopic (exact) mass is 331 g/mol.